The summed E-state index contributed by atoms with van der Waals surface area (Å²) in [4.78, 5) is 14.2. The summed E-state index contributed by atoms with van der Waals surface area (Å²) < 4.78 is 6.91. The molecule has 0 bridgehead atoms. The summed E-state index contributed by atoms with van der Waals surface area (Å²) in [6.45, 7) is 0.351. The van der Waals surface area contributed by atoms with Crippen LogP contribution in [0, 0.1) is 10.1 Å². The molecule has 18 heavy (non-hydrogen) atoms. The molecular formula is C10H9BrN4O3. The van der Waals surface area contributed by atoms with Gasteiger partial charge in [0.1, 0.15) is 4.47 Å². The quantitative estimate of drug-likeness (QED) is 0.637. The number of methoxy groups -OCH3 is 1. The van der Waals surface area contributed by atoms with Gasteiger partial charge >= 0.3 is 5.82 Å². The van der Waals surface area contributed by atoms with Crippen LogP contribution in [0.1, 0.15) is 5.56 Å². The van der Waals surface area contributed by atoms with Gasteiger partial charge in [0.15, 0.2) is 0 Å². The van der Waals surface area contributed by atoms with E-state index in [9.17, 15) is 10.1 Å². The lowest BCUT2D eigenvalue weighted by Gasteiger charge is -2.04. The number of halogens is 1. The highest BCUT2D eigenvalue weighted by Crippen LogP contribution is 2.23. The summed E-state index contributed by atoms with van der Waals surface area (Å²) in [6, 6.07) is 3.60. The number of nitrogens with zero attached hydrogens (tertiary/aromatic N) is 4. The topological polar surface area (TPSA) is 83.1 Å². The number of hydrogen-bond acceptors (Lipinski definition) is 5. The smallest absolute Gasteiger partial charge is 0.404 e. The summed E-state index contributed by atoms with van der Waals surface area (Å²) in [5.41, 5.74) is 0.796. The van der Waals surface area contributed by atoms with Crippen molar-refractivity contribution in [3.05, 3.63) is 44.7 Å². The first-order valence-corrected chi connectivity index (χ1v) is 5.76. The second-order valence-corrected chi connectivity index (χ2v) is 4.28. The lowest BCUT2D eigenvalue weighted by atomic mass is 10.3. The Balaban J connectivity index is 2.29. The van der Waals surface area contributed by atoms with Gasteiger partial charge in [-0.2, -0.15) is 4.68 Å². The Bertz CT molecular complexity index is 584. The van der Waals surface area contributed by atoms with Crippen LogP contribution < -0.4 is 4.74 Å². The molecule has 0 saturated heterocycles. The molecule has 0 unspecified atom stereocenters. The molecule has 0 amide bonds. The van der Waals surface area contributed by atoms with Gasteiger partial charge in [0.05, 0.1) is 25.0 Å². The number of nitro groups is 1. The average Bonchev–Trinajstić information content (AvgIpc) is 2.71. The molecule has 0 aromatic carbocycles. The van der Waals surface area contributed by atoms with Crippen molar-refractivity contribution in [3.63, 3.8) is 0 Å². The minimum atomic E-state index is -0.541. The van der Waals surface area contributed by atoms with Gasteiger partial charge in [-0.25, -0.2) is 4.98 Å². The monoisotopic (exact) mass is 312 g/mol. The minimum absolute atomic E-state index is 0.210. The maximum atomic E-state index is 10.7. The molecule has 0 atom stereocenters. The predicted molar refractivity (Wildman–Crippen MR) is 66.5 cm³/mol. The molecule has 2 aromatic rings. The van der Waals surface area contributed by atoms with Crippen molar-refractivity contribution >= 4 is 21.7 Å². The molecule has 0 aliphatic carbocycles. The first-order valence-electron chi connectivity index (χ1n) is 4.97. The molecule has 0 N–H and O–H groups in total. The Labute approximate surface area is 111 Å². The van der Waals surface area contributed by atoms with Crippen LogP contribution in [0.3, 0.4) is 0 Å². The number of rotatable bonds is 4. The van der Waals surface area contributed by atoms with E-state index in [0.29, 0.717) is 16.9 Å². The third kappa shape index (κ3) is 2.48. The van der Waals surface area contributed by atoms with Crippen molar-refractivity contribution < 1.29 is 9.66 Å². The summed E-state index contributed by atoms with van der Waals surface area (Å²) in [5, 5.41) is 14.5. The Morgan fingerprint density at radius 2 is 2.39 bits per heavy atom. The van der Waals surface area contributed by atoms with Crippen LogP contribution in [0.4, 0.5) is 5.82 Å². The molecule has 7 nitrogen and oxygen atoms in total. The zero-order valence-electron chi connectivity index (χ0n) is 9.41. The molecule has 2 aromatic heterocycles. The molecule has 0 fully saturated rings. The lowest BCUT2D eigenvalue weighted by Crippen LogP contribution is -2.04. The molecule has 2 rings (SSSR count). The second-order valence-electron chi connectivity index (χ2n) is 3.43. The van der Waals surface area contributed by atoms with Crippen molar-refractivity contribution in [2.24, 2.45) is 0 Å². The van der Waals surface area contributed by atoms with Gasteiger partial charge in [-0.3, -0.25) is 0 Å². The standard InChI is InChI=1S/C10H9BrN4O3/c1-18-10-7(3-2-4-12-10)5-14-6-8(11)9(13-14)15(16)17/h2-4,6H,5H2,1H3. The van der Waals surface area contributed by atoms with Crippen molar-refractivity contribution in [2.75, 3.05) is 7.11 Å². The van der Waals surface area contributed by atoms with Crippen molar-refractivity contribution in [3.8, 4) is 5.88 Å². The third-order valence-electron chi connectivity index (χ3n) is 2.25. The van der Waals surface area contributed by atoms with Gasteiger partial charge in [0, 0.05) is 11.8 Å². The van der Waals surface area contributed by atoms with Crippen LogP contribution in [-0.2, 0) is 6.54 Å². The molecule has 0 saturated carbocycles. The van der Waals surface area contributed by atoms with Crippen molar-refractivity contribution in [1.82, 2.24) is 14.8 Å². The summed E-state index contributed by atoms with van der Waals surface area (Å²) in [7, 11) is 1.52. The summed E-state index contributed by atoms with van der Waals surface area (Å²) >= 11 is 3.09. The zero-order chi connectivity index (χ0) is 13.1. The maximum absolute atomic E-state index is 10.7. The fourth-order valence-corrected chi connectivity index (χ4v) is 1.95. The lowest BCUT2D eigenvalue weighted by molar-refractivity contribution is -0.390. The van der Waals surface area contributed by atoms with Gasteiger partial charge in [-0.15, -0.1) is 0 Å². The van der Waals surface area contributed by atoms with E-state index in [0.717, 1.165) is 5.56 Å². The largest absolute Gasteiger partial charge is 0.481 e. The van der Waals surface area contributed by atoms with Crippen LogP contribution in [0.25, 0.3) is 0 Å². The molecule has 94 valence electrons. The molecular weight excluding hydrogens is 304 g/mol. The Hall–Kier alpha value is -1.96. The van der Waals surface area contributed by atoms with E-state index in [4.69, 9.17) is 4.74 Å². The number of hydrogen-bond donors (Lipinski definition) is 0. The van der Waals surface area contributed by atoms with E-state index < -0.39 is 4.92 Å². The normalized spacial score (nSPS) is 10.3. The van der Waals surface area contributed by atoms with Crippen molar-refractivity contribution in [2.45, 2.75) is 6.54 Å². The van der Waals surface area contributed by atoms with Gasteiger partial charge in [-0.05, 0) is 26.9 Å². The first kappa shape index (κ1) is 12.5. The van der Waals surface area contributed by atoms with Crippen molar-refractivity contribution in [1.29, 1.82) is 0 Å². The fraction of sp³-hybridized carbons (Fsp3) is 0.200. The number of ether oxygens (including phenoxy) is 1. The van der Waals surface area contributed by atoms with Gasteiger partial charge < -0.3 is 14.9 Å². The van der Waals surface area contributed by atoms with Crippen LogP contribution in [0.5, 0.6) is 5.88 Å². The molecule has 2 heterocycles. The molecule has 0 aliphatic heterocycles. The number of aromatic nitrogens is 3. The third-order valence-corrected chi connectivity index (χ3v) is 2.81. The van der Waals surface area contributed by atoms with Crippen LogP contribution >= 0.6 is 15.9 Å². The molecule has 0 radical (unpaired) electrons. The van der Waals surface area contributed by atoms with Crippen LogP contribution in [-0.4, -0.2) is 26.8 Å². The average molecular weight is 313 g/mol. The Morgan fingerprint density at radius 3 is 3.00 bits per heavy atom. The highest BCUT2D eigenvalue weighted by molar-refractivity contribution is 9.10. The summed E-state index contributed by atoms with van der Waals surface area (Å²) in [6.07, 6.45) is 3.16. The minimum Gasteiger partial charge on any atom is -0.481 e. The van der Waals surface area contributed by atoms with Gasteiger partial charge in [0.25, 0.3) is 0 Å². The van der Waals surface area contributed by atoms with E-state index >= 15 is 0 Å². The molecule has 0 spiro atoms. The van der Waals surface area contributed by atoms with E-state index in [2.05, 4.69) is 26.0 Å². The Kier molecular flexibility index (Phi) is 3.56. The zero-order valence-corrected chi connectivity index (χ0v) is 11.0. The van der Waals surface area contributed by atoms with Gasteiger partial charge in [0.2, 0.25) is 5.88 Å². The van der Waals surface area contributed by atoms with Gasteiger partial charge in [-0.1, -0.05) is 6.07 Å². The Morgan fingerprint density at radius 1 is 1.61 bits per heavy atom. The highest BCUT2D eigenvalue weighted by atomic mass is 79.9. The molecule has 8 heteroatoms. The van der Waals surface area contributed by atoms with E-state index in [-0.39, 0.29) is 5.82 Å². The second kappa shape index (κ2) is 5.13. The van der Waals surface area contributed by atoms with E-state index in [1.807, 2.05) is 6.07 Å². The fourth-order valence-electron chi connectivity index (χ4n) is 1.49. The first-order chi connectivity index (χ1) is 8.61. The highest BCUT2D eigenvalue weighted by Gasteiger charge is 2.19. The summed E-state index contributed by atoms with van der Waals surface area (Å²) in [5.74, 6) is 0.268. The van der Waals surface area contributed by atoms with E-state index in [1.54, 1.807) is 18.5 Å². The maximum Gasteiger partial charge on any atom is 0.404 e. The number of pyridine rings is 1. The molecule has 0 aliphatic rings. The SMILES string of the molecule is COc1ncccc1Cn1cc(Br)c([N+](=O)[O-])n1. The van der Waals surface area contributed by atoms with Crippen LogP contribution in [0.15, 0.2) is 29.0 Å². The predicted octanol–water partition coefficient (Wildman–Crippen LogP) is 2.01. The van der Waals surface area contributed by atoms with E-state index in [1.165, 1.54) is 11.8 Å². The van der Waals surface area contributed by atoms with Crippen LogP contribution in [0.2, 0.25) is 0 Å².